The average molecular weight is 388 g/mol. The van der Waals surface area contributed by atoms with Crippen molar-refractivity contribution in [3.8, 4) is 11.8 Å². The van der Waals surface area contributed by atoms with Gasteiger partial charge in [0, 0.05) is 32.3 Å². The highest BCUT2D eigenvalue weighted by Gasteiger charge is 2.30. The Morgan fingerprint density at radius 2 is 2.00 bits per heavy atom. The van der Waals surface area contributed by atoms with Crippen molar-refractivity contribution >= 4 is 5.91 Å². The molecular formula is C21H20N6O2. The first-order valence-electron chi connectivity index (χ1n) is 9.45. The molecule has 29 heavy (non-hydrogen) atoms. The summed E-state index contributed by atoms with van der Waals surface area (Å²) in [5, 5.41) is 13.4. The Balaban J connectivity index is 1.62. The van der Waals surface area contributed by atoms with Gasteiger partial charge in [-0.2, -0.15) is 10.4 Å². The van der Waals surface area contributed by atoms with E-state index in [2.05, 4.69) is 10.1 Å². The first-order chi connectivity index (χ1) is 14.1. The molecule has 1 fully saturated rings. The van der Waals surface area contributed by atoms with Crippen molar-refractivity contribution < 1.29 is 4.79 Å². The molecule has 4 rings (SSSR count). The number of carbonyl (C=O) groups excluding carboxylic acids is 1. The minimum Gasteiger partial charge on any atom is -0.338 e. The highest BCUT2D eigenvalue weighted by atomic mass is 16.2. The molecular weight excluding hydrogens is 368 g/mol. The van der Waals surface area contributed by atoms with Crippen LogP contribution in [0.4, 0.5) is 0 Å². The van der Waals surface area contributed by atoms with Crippen molar-refractivity contribution in [2.75, 3.05) is 13.1 Å². The van der Waals surface area contributed by atoms with Gasteiger partial charge < -0.3 is 4.90 Å². The molecule has 1 aliphatic heterocycles. The van der Waals surface area contributed by atoms with Gasteiger partial charge in [0.05, 0.1) is 11.3 Å². The van der Waals surface area contributed by atoms with Gasteiger partial charge in [-0.15, -0.1) is 0 Å². The third-order valence-electron chi connectivity index (χ3n) is 5.16. The zero-order valence-electron chi connectivity index (χ0n) is 16.0. The molecule has 0 N–H and O–H groups in total. The lowest BCUT2D eigenvalue weighted by Crippen LogP contribution is -2.40. The topological polar surface area (TPSA) is 96.8 Å². The molecule has 2 aromatic heterocycles. The molecule has 1 aliphatic rings. The monoisotopic (exact) mass is 388 g/mol. The van der Waals surface area contributed by atoms with Crippen LogP contribution in [0.2, 0.25) is 0 Å². The Bertz CT molecular complexity index is 1120. The largest absolute Gasteiger partial charge is 0.350 e. The second-order valence-corrected chi connectivity index (χ2v) is 7.07. The van der Waals surface area contributed by atoms with Gasteiger partial charge in [-0.25, -0.2) is 19.0 Å². The van der Waals surface area contributed by atoms with Gasteiger partial charge in [-0.1, -0.05) is 18.2 Å². The first-order valence-corrected chi connectivity index (χ1v) is 9.45. The molecule has 8 heteroatoms. The lowest BCUT2D eigenvalue weighted by atomic mass is 9.96. The molecule has 3 aromatic rings. The molecule has 146 valence electrons. The fraction of sp³-hybridized carbons (Fsp3) is 0.286. The van der Waals surface area contributed by atoms with Gasteiger partial charge in [-0.3, -0.25) is 4.79 Å². The third-order valence-corrected chi connectivity index (χ3v) is 5.16. The van der Waals surface area contributed by atoms with Crippen LogP contribution in [-0.2, 0) is 7.05 Å². The normalized spacial score (nSPS) is 16.4. The minimum absolute atomic E-state index is 0.0480. The third kappa shape index (κ3) is 3.55. The average Bonchev–Trinajstić information content (AvgIpc) is 3.08. The van der Waals surface area contributed by atoms with Crippen molar-refractivity contribution in [1.29, 1.82) is 5.26 Å². The van der Waals surface area contributed by atoms with E-state index in [1.54, 1.807) is 28.6 Å². The Labute approximate surface area is 167 Å². The lowest BCUT2D eigenvalue weighted by molar-refractivity contribution is 0.0703. The van der Waals surface area contributed by atoms with Crippen LogP contribution in [0.15, 0.2) is 53.5 Å². The van der Waals surface area contributed by atoms with Crippen molar-refractivity contribution in [3.63, 3.8) is 0 Å². The molecule has 0 unspecified atom stereocenters. The minimum atomic E-state index is -0.203. The number of hydrogen-bond acceptors (Lipinski definition) is 5. The summed E-state index contributed by atoms with van der Waals surface area (Å²) in [6.07, 6.45) is 3.10. The van der Waals surface area contributed by atoms with Gasteiger partial charge in [0.2, 0.25) is 0 Å². The maximum atomic E-state index is 12.9. The number of hydrogen-bond donors (Lipinski definition) is 0. The summed E-state index contributed by atoms with van der Waals surface area (Å²) >= 11 is 0. The molecule has 3 heterocycles. The van der Waals surface area contributed by atoms with Crippen LogP contribution in [0.5, 0.6) is 0 Å². The zero-order chi connectivity index (χ0) is 20.4. The van der Waals surface area contributed by atoms with Crippen LogP contribution in [0.3, 0.4) is 0 Å². The van der Waals surface area contributed by atoms with Crippen LogP contribution < -0.4 is 5.69 Å². The summed E-state index contributed by atoms with van der Waals surface area (Å²) < 4.78 is 2.97. The number of carbonyl (C=O) groups is 1. The number of amides is 1. The van der Waals surface area contributed by atoms with Crippen molar-refractivity contribution in [1.82, 2.24) is 24.2 Å². The summed E-state index contributed by atoms with van der Waals surface area (Å²) in [6, 6.07) is 14.5. The number of para-hydroxylation sites is 1. The van der Waals surface area contributed by atoms with E-state index in [9.17, 15) is 9.59 Å². The number of piperidine rings is 1. The molecule has 1 aromatic carbocycles. The van der Waals surface area contributed by atoms with E-state index in [1.807, 2.05) is 36.4 Å². The van der Waals surface area contributed by atoms with E-state index < -0.39 is 0 Å². The maximum absolute atomic E-state index is 12.9. The number of benzene rings is 1. The Kier molecular flexibility index (Phi) is 4.96. The van der Waals surface area contributed by atoms with Crippen LogP contribution in [0.25, 0.3) is 5.69 Å². The Hall–Kier alpha value is -3.73. The fourth-order valence-corrected chi connectivity index (χ4v) is 3.71. The van der Waals surface area contributed by atoms with Crippen LogP contribution >= 0.6 is 0 Å². The lowest BCUT2D eigenvalue weighted by Gasteiger charge is -2.32. The molecule has 8 nitrogen and oxygen atoms in total. The molecule has 1 saturated heterocycles. The van der Waals surface area contributed by atoms with E-state index in [0.29, 0.717) is 24.5 Å². The molecule has 0 aliphatic carbocycles. The van der Waals surface area contributed by atoms with Crippen LogP contribution in [0, 0.1) is 11.3 Å². The first kappa shape index (κ1) is 18.6. The quantitative estimate of drug-likeness (QED) is 0.682. The van der Waals surface area contributed by atoms with Gasteiger partial charge in [-0.05, 0) is 37.1 Å². The molecule has 1 amide bonds. The predicted octanol–water partition coefficient (Wildman–Crippen LogP) is 1.86. The smallest absolute Gasteiger partial charge is 0.338 e. The van der Waals surface area contributed by atoms with Crippen molar-refractivity contribution in [3.05, 3.63) is 76.2 Å². The molecule has 0 spiro atoms. The zero-order valence-corrected chi connectivity index (χ0v) is 16.0. The molecule has 0 bridgehead atoms. The number of rotatable bonds is 3. The van der Waals surface area contributed by atoms with Crippen molar-refractivity contribution in [2.45, 2.75) is 18.8 Å². The van der Waals surface area contributed by atoms with E-state index >= 15 is 0 Å². The van der Waals surface area contributed by atoms with E-state index in [-0.39, 0.29) is 23.2 Å². The number of aromatic nitrogens is 4. The fourth-order valence-electron chi connectivity index (χ4n) is 3.71. The summed E-state index contributed by atoms with van der Waals surface area (Å²) in [7, 11) is 1.64. The molecule has 0 saturated carbocycles. The van der Waals surface area contributed by atoms with Gasteiger partial charge >= 0.3 is 5.69 Å². The summed E-state index contributed by atoms with van der Waals surface area (Å²) in [6.45, 7) is 1.11. The second-order valence-electron chi connectivity index (χ2n) is 7.07. The van der Waals surface area contributed by atoms with Gasteiger partial charge in [0.15, 0.2) is 0 Å². The van der Waals surface area contributed by atoms with Crippen molar-refractivity contribution in [2.24, 2.45) is 7.05 Å². The highest BCUT2D eigenvalue weighted by Crippen LogP contribution is 2.27. The van der Waals surface area contributed by atoms with Crippen LogP contribution in [-0.4, -0.2) is 43.2 Å². The van der Waals surface area contributed by atoms with Crippen LogP contribution in [0.1, 0.15) is 40.6 Å². The maximum Gasteiger partial charge on any atom is 0.350 e. The summed E-state index contributed by atoms with van der Waals surface area (Å²) in [5.41, 5.74) is 1.29. The van der Waals surface area contributed by atoms with E-state index in [0.717, 1.165) is 18.5 Å². The second kappa shape index (κ2) is 7.72. The highest BCUT2D eigenvalue weighted by molar-refractivity contribution is 5.94. The predicted molar refractivity (Wildman–Crippen MR) is 106 cm³/mol. The van der Waals surface area contributed by atoms with E-state index in [1.165, 1.54) is 10.9 Å². The number of aryl methyl sites for hydroxylation is 1. The van der Waals surface area contributed by atoms with Gasteiger partial charge in [0.25, 0.3) is 5.91 Å². The number of likely N-dealkylation sites (tertiary alicyclic amines) is 1. The SMILES string of the molecule is Cn1nc([C@H]2CCCN(C(=O)c3ccc(C#N)nc3)C2)n(-c2ccccc2)c1=O. The molecule has 1 atom stereocenters. The standard InChI is InChI=1S/C21H20N6O2/c1-25-21(29)27(18-7-3-2-4-8-18)19(24-25)16-6-5-11-26(14-16)20(28)15-9-10-17(12-22)23-13-15/h2-4,7-10,13,16H,5-6,11,14H2,1H3/t16-/m0/s1. The van der Waals surface area contributed by atoms with Gasteiger partial charge in [0.1, 0.15) is 17.6 Å². The Morgan fingerprint density at radius 3 is 2.69 bits per heavy atom. The number of pyridine rings is 1. The molecule has 0 radical (unpaired) electrons. The van der Waals surface area contributed by atoms with E-state index in [4.69, 9.17) is 5.26 Å². The summed E-state index contributed by atoms with van der Waals surface area (Å²) in [4.78, 5) is 31.3. The number of nitriles is 1. The summed E-state index contributed by atoms with van der Waals surface area (Å²) in [5.74, 6) is 0.489. The Morgan fingerprint density at radius 1 is 1.21 bits per heavy atom. The number of nitrogens with zero attached hydrogens (tertiary/aromatic N) is 6.